The van der Waals surface area contributed by atoms with Crippen LogP contribution < -0.4 is 5.69 Å². The Kier molecular flexibility index (Phi) is 5.29. The predicted molar refractivity (Wildman–Crippen MR) is 72.7 cm³/mol. The Morgan fingerprint density at radius 2 is 2.17 bits per heavy atom. The molecule has 1 aromatic rings. The first kappa shape index (κ1) is 15.1. The zero-order valence-corrected chi connectivity index (χ0v) is 12.3. The largest absolute Gasteiger partial charge is 0.369 e. The van der Waals surface area contributed by atoms with Gasteiger partial charge in [0.05, 0.1) is 19.0 Å². The van der Waals surface area contributed by atoms with Crippen LogP contribution in [0, 0.1) is 6.92 Å². The van der Waals surface area contributed by atoms with Crippen LogP contribution in [0.4, 0.5) is 0 Å². The fourth-order valence-electron chi connectivity index (χ4n) is 1.46. The van der Waals surface area contributed by atoms with E-state index in [-0.39, 0.29) is 18.1 Å². The van der Waals surface area contributed by atoms with Crippen molar-refractivity contribution in [2.45, 2.75) is 32.9 Å². The van der Waals surface area contributed by atoms with Gasteiger partial charge in [-0.25, -0.2) is 4.79 Å². The molecule has 1 aromatic heterocycles. The Bertz CT molecular complexity index is 492. The second-order valence-corrected chi connectivity index (χ2v) is 8.31. The maximum atomic E-state index is 11.6. The second-order valence-electron chi connectivity index (χ2n) is 4.90. The van der Waals surface area contributed by atoms with Crippen molar-refractivity contribution in [2.24, 2.45) is 0 Å². The third-order valence-corrected chi connectivity index (χ3v) is 3.26. The number of ether oxygens (including phenoxy) is 1. The van der Waals surface area contributed by atoms with E-state index in [9.17, 15) is 9.36 Å². The first-order valence-electron chi connectivity index (χ1n) is 6.01. The highest BCUT2D eigenvalue weighted by Crippen LogP contribution is 2.36. The summed E-state index contributed by atoms with van der Waals surface area (Å²) in [6.07, 6.45) is 2.62. The lowest BCUT2D eigenvalue weighted by atomic mass is 10.3. The Morgan fingerprint density at radius 3 is 2.67 bits per heavy atom. The Labute approximate surface area is 108 Å². The van der Waals surface area contributed by atoms with E-state index in [0.717, 1.165) is 6.42 Å². The van der Waals surface area contributed by atoms with E-state index in [1.165, 1.54) is 4.57 Å². The minimum absolute atomic E-state index is 0.111. The Morgan fingerprint density at radius 1 is 1.50 bits per heavy atom. The van der Waals surface area contributed by atoms with Crippen LogP contribution in [-0.4, -0.2) is 35.3 Å². The Hall–Kier alpha value is -0.930. The van der Waals surface area contributed by atoms with Gasteiger partial charge in [-0.3, -0.25) is 4.57 Å². The molecule has 0 saturated carbocycles. The fraction of sp³-hybridized carbons (Fsp3) is 0.667. The summed E-state index contributed by atoms with van der Waals surface area (Å²) in [5.74, 6) is 0. The number of hydrogen-bond acceptors (Lipinski definition) is 4. The van der Waals surface area contributed by atoms with Crippen LogP contribution in [0.3, 0.4) is 0 Å². The molecule has 6 heteroatoms. The molecular weight excluding hydrogens is 251 g/mol. The zero-order chi connectivity index (χ0) is 13.8. The van der Waals surface area contributed by atoms with Gasteiger partial charge in [0.2, 0.25) is 0 Å². The normalized spacial score (nSPS) is 13.6. The van der Waals surface area contributed by atoms with Crippen LogP contribution in [0.1, 0.15) is 19.0 Å². The van der Waals surface area contributed by atoms with Gasteiger partial charge in [0.1, 0.15) is 7.14 Å². The standard InChI is InChI=1S/C12H21N2O3P/c1-5-11(17-9-18(3,4)16)8-14-7-6-10(2)13-12(14)15/h6-7,11H,5,8-9H2,1-4H3/t11-/m1/s1. The molecule has 0 aliphatic carbocycles. The van der Waals surface area contributed by atoms with Crippen LogP contribution in [0.25, 0.3) is 0 Å². The van der Waals surface area contributed by atoms with E-state index in [1.54, 1.807) is 32.5 Å². The van der Waals surface area contributed by atoms with Gasteiger partial charge in [0.25, 0.3) is 0 Å². The van der Waals surface area contributed by atoms with E-state index < -0.39 is 7.14 Å². The summed E-state index contributed by atoms with van der Waals surface area (Å²) in [5, 5.41) is 0. The summed E-state index contributed by atoms with van der Waals surface area (Å²) >= 11 is 0. The van der Waals surface area contributed by atoms with Crippen LogP contribution in [0.2, 0.25) is 0 Å². The van der Waals surface area contributed by atoms with Crippen molar-refractivity contribution < 1.29 is 9.30 Å². The van der Waals surface area contributed by atoms with Gasteiger partial charge < -0.3 is 9.30 Å². The van der Waals surface area contributed by atoms with Gasteiger partial charge in [-0.2, -0.15) is 4.98 Å². The number of hydrogen-bond donors (Lipinski definition) is 0. The van der Waals surface area contributed by atoms with Crippen molar-refractivity contribution in [3.8, 4) is 0 Å². The molecule has 0 bridgehead atoms. The monoisotopic (exact) mass is 272 g/mol. The van der Waals surface area contributed by atoms with Gasteiger partial charge in [-0.05, 0) is 32.7 Å². The molecular formula is C12H21N2O3P. The maximum absolute atomic E-state index is 11.6. The van der Waals surface area contributed by atoms with E-state index in [4.69, 9.17) is 4.74 Å². The van der Waals surface area contributed by atoms with Gasteiger partial charge >= 0.3 is 5.69 Å². The molecule has 1 rings (SSSR count). The molecule has 0 aromatic carbocycles. The van der Waals surface area contributed by atoms with E-state index in [0.29, 0.717) is 12.2 Å². The third-order valence-electron chi connectivity index (χ3n) is 2.49. The quantitative estimate of drug-likeness (QED) is 0.742. The summed E-state index contributed by atoms with van der Waals surface area (Å²) in [7, 11) is -2.18. The number of nitrogens with zero attached hydrogens (tertiary/aromatic N) is 2. The molecule has 0 radical (unpaired) electrons. The van der Waals surface area contributed by atoms with Crippen LogP contribution in [0.5, 0.6) is 0 Å². The molecule has 0 amide bonds. The predicted octanol–water partition coefficient (Wildman–Crippen LogP) is 1.93. The SMILES string of the molecule is CC[C@H](Cn1ccc(C)nc1=O)OCP(C)(C)=O. The maximum Gasteiger partial charge on any atom is 0.347 e. The van der Waals surface area contributed by atoms with Crippen molar-refractivity contribution in [3.63, 3.8) is 0 Å². The summed E-state index contributed by atoms with van der Waals surface area (Å²) in [6.45, 7) is 7.60. The zero-order valence-electron chi connectivity index (χ0n) is 11.4. The first-order chi connectivity index (χ1) is 8.31. The van der Waals surface area contributed by atoms with E-state index in [1.807, 2.05) is 6.92 Å². The highest BCUT2D eigenvalue weighted by Gasteiger charge is 2.14. The summed E-state index contributed by atoms with van der Waals surface area (Å²) in [4.78, 5) is 15.5. The minimum Gasteiger partial charge on any atom is -0.369 e. The summed E-state index contributed by atoms with van der Waals surface area (Å²) in [6, 6.07) is 1.79. The summed E-state index contributed by atoms with van der Waals surface area (Å²) < 4.78 is 18.7. The highest BCUT2D eigenvalue weighted by molar-refractivity contribution is 7.62. The molecule has 0 spiro atoms. The second kappa shape index (κ2) is 6.30. The van der Waals surface area contributed by atoms with E-state index in [2.05, 4.69) is 4.98 Å². The van der Waals surface area contributed by atoms with E-state index >= 15 is 0 Å². The van der Waals surface area contributed by atoms with Crippen molar-refractivity contribution >= 4 is 7.14 Å². The lowest BCUT2D eigenvalue weighted by Gasteiger charge is -2.18. The lowest BCUT2D eigenvalue weighted by Crippen LogP contribution is -2.29. The van der Waals surface area contributed by atoms with Crippen molar-refractivity contribution in [2.75, 3.05) is 19.7 Å². The van der Waals surface area contributed by atoms with Crippen LogP contribution in [-0.2, 0) is 15.8 Å². The van der Waals surface area contributed by atoms with Gasteiger partial charge in [-0.1, -0.05) is 6.92 Å². The van der Waals surface area contributed by atoms with Crippen molar-refractivity contribution in [1.82, 2.24) is 9.55 Å². The molecule has 1 heterocycles. The van der Waals surface area contributed by atoms with Gasteiger partial charge in [0.15, 0.2) is 0 Å². The molecule has 0 fully saturated rings. The molecule has 18 heavy (non-hydrogen) atoms. The van der Waals surface area contributed by atoms with Crippen LogP contribution >= 0.6 is 7.14 Å². The highest BCUT2D eigenvalue weighted by atomic mass is 31.2. The van der Waals surface area contributed by atoms with Crippen LogP contribution in [0.15, 0.2) is 17.1 Å². The third kappa shape index (κ3) is 5.15. The van der Waals surface area contributed by atoms with Gasteiger partial charge in [-0.15, -0.1) is 0 Å². The fourth-order valence-corrected chi connectivity index (χ4v) is 2.03. The smallest absolute Gasteiger partial charge is 0.347 e. The average molecular weight is 272 g/mol. The molecule has 102 valence electrons. The number of rotatable bonds is 6. The molecule has 5 nitrogen and oxygen atoms in total. The average Bonchev–Trinajstić information content (AvgIpc) is 2.25. The molecule has 0 saturated heterocycles. The summed E-state index contributed by atoms with van der Waals surface area (Å²) in [5.41, 5.74) is 0.435. The van der Waals surface area contributed by atoms with Crippen molar-refractivity contribution in [1.29, 1.82) is 0 Å². The lowest BCUT2D eigenvalue weighted by molar-refractivity contribution is 0.0679. The van der Waals surface area contributed by atoms with Gasteiger partial charge in [0, 0.05) is 11.9 Å². The number of aryl methyl sites for hydroxylation is 1. The topological polar surface area (TPSA) is 61.2 Å². The minimum atomic E-state index is -2.18. The molecule has 0 aliphatic rings. The molecule has 1 atom stereocenters. The van der Waals surface area contributed by atoms with Crippen molar-refractivity contribution in [3.05, 3.63) is 28.4 Å². The number of aromatic nitrogens is 2. The molecule has 0 unspecified atom stereocenters. The first-order valence-corrected chi connectivity index (χ1v) is 8.80. The molecule has 0 N–H and O–H groups in total. The Balaban J connectivity index is 2.68. The molecule has 0 aliphatic heterocycles.